The number of carbonyl (C=O) groups is 1. The second kappa shape index (κ2) is 4.67. The first kappa shape index (κ1) is 11.2. The van der Waals surface area contributed by atoms with Gasteiger partial charge in [-0.25, -0.2) is 0 Å². The Kier molecular flexibility index (Phi) is 3.26. The Labute approximate surface area is 94.6 Å². The van der Waals surface area contributed by atoms with E-state index in [4.69, 9.17) is 10.2 Å². The summed E-state index contributed by atoms with van der Waals surface area (Å²) >= 11 is 0. The standard InChI is InChI=1S/C11H17N3O2/c1-8-2-3-10(16-8)11(15)14-5-4-13-7-9(14)6-12/h2-3,9,13H,4-7,12H2,1H3. The van der Waals surface area contributed by atoms with Crippen LogP contribution in [0.5, 0.6) is 0 Å². The van der Waals surface area contributed by atoms with E-state index in [0.717, 1.165) is 18.8 Å². The van der Waals surface area contributed by atoms with E-state index >= 15 is 0 Å². The van der Waals surface area contributed by atoms with Crippen molar-refractivity contribution < 1.29 is 9.21 Å². The molecule has 2 rings (SSSR count). The number of rotatable bonds is 2. The van der Waals surface area contributed by atoms with Crippen LogP contribution in [0.25, 0.3) is 0 Å². The maximum Gasteiger partial charge on any atom is 0.289 e. The molecule has 0 aromatic carbocycles. The van der Waals surface area contributed by atoms with Gasteiger partial charge in [-0.2, -0.15) is 0 Å². The molecule has 1 amide bonds. The zero-order chi connectivity index (χ0) is 11.5. The highest BCUT2D eigenvalue weighted by atomic mass is 16.3. The number of hydrogen-bond acceptors (Lipinski definition) is 4. The first-order chi connectivity index (χ1) is 7.72. The summed E-state index contributed by atoms with van der Waals surface area (Å²) in [5, 5.41) is 3.22. The SMILES string of the molecule is Cc1ccc(C(=O)N2CCNCC2CN)o1. The summed E-state index contributed by atoms with van der Waals surface area (Å²) in [5.41, 5.74) is 5.65. The van der Waals surface area contributed by atoms with E-state index in [1.54, 1.807) is 17.0 Å². The third-order valence-corrected chi connectivity index (χ3v) is 2.83. The Morgan fingerprint density at radius 2 is 2.50 bits per heavy atom. The molecule has 1 saturated heterocycles. The number of amides is 1. The minimum Gasteiger partial charge on any atom is -0.456 e. The van der Waals surface area contributed by atoms with Crippen molar-refractivity contribution in [3.8, 4) is 0 Å². The van der Waals surface area contributed by atoms with Gasteiger partial charge in [-0.15, -0.1) is 0 Å². The Morgan fingerprint density at radius 3 is 3.12 bits per heavy atom. The van der Waals surface area contributed by atoms with E-state index in [-0.39, 0.29) is 11.9 Å². The zero-order valence-electron chi connectivity index (χ0n) is 9.40. The van der Waals surface area contributed by atoms with E-state index in [9.17, 15) is 4.79 Å². The van der Waals surface area contributed by atoms with Gasteiger partial charge in [-0.05, 0) is 19.1 Å². The monoisotopic (exact) mass is 223 g/mol. The van der Waals surface area contributed by atoms with Crippen LogP contribution in [0, 0.1) is 6.92 Å². The molecule has 88 valence electrons. The highest BCUT2D eigenvalue weighted by Gasteiger charge is 2.27. The smallest absolute Gasteiger partial charge is 0.289 e. The third-order valence-electron chi connectivity index (χ3n) is 2.83. The van der Waals surface area contributed by atoms with Crippen molar-refractivity contribution >= 4 is 5.91 Å². The minimum absolute atomic E-state index is 0.0617. The second-order valence-corrected chi connectivity index (χ2v) is 4.00. The maximum absolute atomic E-state index is 12.1. The lowest BCUT2D eigenvalue weighted by molar-refractivity contribution is 0.0611. The van der Waals surface area contributed by atoms with Crippen LogP contribution in [0.4, 0.5) is 0 Å². The molecule has 1 aromatic rings. The largest absolute Gasteiger partial charge is 0.456 e. The number of nitrogens with one attached hydrogen (secondary N) is 1. The highest BCUT2D eigenvalue weighted by molar-refractivity contribution is 5.91. The highest BCUT2D eigenvalue weighted by Crippen LogP contribution is 2.12. The van der Waals surface area contributed by atoms with Crippen LogP contribution in [0.3, 0.4) is 0 Å². The first-order valence-corrected chi connectivity index (χ1v) is 5.50. The fourth-order valence-electron chi connectivity index (χ4n) is 1.93. The van der Waals surface area contributed by atoms with E-state index in [1.165, 1.54) is 0 Å². The third kappa shape index (κ3) is 2.10. The molecule has 1 aliphatic heterocycles. The minimum atomic E-state index is -0.0648. The van der Waals surface area contributed by atoms with Gasteiger partial charge in [0.15, 0.2) is 5.76 Å². The fourth-order valence-corrected chi connectivity index (χ4v) is 1.93. The molecule has 0 bridgehead atoms. The van der Waals surface area contributed by atoms with Gasteiger partial charge in [0.25, 0.3) is 5.91 Å². The van der Waals surface area contributed by atoms with Crippen LogP contribution in [-0.4, -0.2) is 43.0 Å². The van der Waals surface area contributed by atoms with E-state index in [0.29, 0.717) is 18.8 Å². The lowest BCUT2D eigenvalue weighted by Crippen LogP contribution is -2.56. The average Bonchev–Trinajstić information content (AvgIpc) is 2.75. The second-order valence-electron chi connectivity index (χ2n) is 4.00. The summed E-state index contributed by atoms with van der Waals surface area (Å²) in [7, 11) is 0. The first-order valence-electron chi connectivity index (χ1n) is 5.50. The predicted octanol–water partition coefficient (Wildman–Crippen LogP) is -0.0393. The molecule has 16 heavy (non-hydrogen) atoms. The van der Waals surface area contributed by atoms with E-state index in [1.807, 2.05) is 6.92 Å². The molecule has 5 nitrogen and oxygen atoms in total. The summed E-state index contributed by atoms with van der Waals surface area (Å²) < 4.78 is 5.34. The zero-order valence-corrected chi connectivity index (χ0v) is 9.40. The van der Waals surface area contributed by atoms with Crippen molar-refractivity contribution in [3.63, 3.8) is 0 Å². The Morgan fingerprint density at radius 1 is 1.69 bits per heavy atom. The van der Waals surface area contributed by atoms with Gasteiger partial charge >= 0.3 is 0 Å². The Bertz CT molecular complexity index is 375. The average molecular weight is 223 g/mol. The molecule has 0 saturated carbocycles. The van der Waals surface area contributed by atoms with Crippen molar-refractivity contribution in [1.29, 1.82) is 0 Å². The fraction of sp³-hybridized carbons (Fsp3) is 0.545. The number of piperazine rings is 1. The molecular formula is C11H17N3O2. The van der Waals surface area contributed by atoms with Crippen molar-refractivity contribution in [2.24, 2.45) is 5.73 Å². The quantitative estimate of drug-likeness (QED) is 0.738. The van der Waals surface area contributed by atoms with E-state index < -0.39 is 0 Å². The van der Waals surface area contributed by atoms with Crippen LogP contribution in [0.1, 0.15) is 16.3 Å². The van der Waals surface area contributed by atoms with E-state index in [2.05, 4.69) is 5.32 Å². The molecule has 2 heterocycles. The Hall–Kier alpha value is -1.33. The van der Waals surface area contributed by atoms with Gasteiger partial charge in [0.2, 0.25) is 0 Å². The van der Waals surface area contributed by atoms with Crippen LogP contribution >= 0.6 is 0 Å². The molecule has 1 unspecified atom stereocenters. The van der Waals surface area contributed by atoms with Crippen LogP contribution in [-0.2, 0) is 0 Å². The summed E-state index contributed by atoms with van der Waals surface area (Å²) in [5.74, 6) is 1.09. The lowest BCUT2D eigenvalue weighted by atomic mass is 10.2. The van der Waals surface area contributed by atoms with Gasteiger partial charge in [-0.3, -0.25) is 4.79 Å². The molecule has 1 aromatic heterocycles. The number of carbonyl (C=O) groups excluding carboxylic acids is 1. The molecular weight excluding hydrogens is 206 g/mol. The summed E-state index contributed by atoms with van der Waals surface area (Å²) in [6.45, 7) is 4.54. The van der Waals surface area contributed by atoms with Crippen LogP contribution in [0.15, 0.2) is 16.5 Å². The number of hydrogen-bond donors (Lipinski definition) is 2. The van der Waals surface area contributed by atoms with Gasteiger partial charge in [0, 0.05) is 26.2 Å². The summed E-state index contributed by atoms with van der Waals surface area (Å²) in [4.78, 5) is 13.9. The van der Waals surface area contributed by atoms with Gasteiger partial charge < -0.3 is 20.4 Å². The number of nitrogens with zero attached hydrogens (tertiary/aromatic N) is 1. The number of aryl methyl sites for hydroxylation is 1. The number of furan rings is 1. The summed E-state index contributed by atoms with van der Waals surface area (Å²) in [6, 6.07) is 3.58. The number of nitrogens with two attached hydrogens (primary N) is 1. The molecule has 0 radical (unpaired) electrons. The van der Waals surface area contributed by atoms with Crippen LogP contribution in [0.2, 0.25) is 0 Å². The predicted molar refractivity (Wildman–Crippen MR) is 60.2 cm³/mol. The lowest BCUT2D eigenvalue weighted by Gasteiger charge is -2.34. The van der Waals surface area contributed by atoms with Crippen molar-refractivity contribution in [2.75, 3.05) is 26.2 Å². The van der Waals surface area contributed by atoms with Gasteiger partial charge in [0.05, 0.1) is 6.04 Å². The van der Waals surface area contributed by atoms with Gasteiger partial charge in [-0.1, -0.05) is 0 Å². The maximum atomic E-state index is 12.1. The van der Waals surface area contributed by atoms with Crippen LogP contribution < -0.4 is 11.1 Å². The molecule has 1 fully saturated rings. The topological polar surface area (TPSA) is 71.5 Å². The van der Waals surface area contributed by atoms with Crippen molar-refractivity contribution in [1.82, 2.24) is 10.2 Å². The molecule has 5 heteroatoms. The van der Waals surface area contributed by atoms with Gasteiger partial charge in [0.1, 0.15) is 5.76 Å². The normalized spacial score (nSPS) is 21.1. The molecule has 1 aliphatic rings. The summed E-state index contributed by atoms with van der Waals surface area (Å²) in [6.07, 6.45) is 0. The van der Waals surface area contributed by atoms with Crippen molar-refractivity contribution in [2.45, 2.75) is 13.0 Å². The molecule has 1 atom stereocenters. The molecule has 0 aliphatic carbocycles. The molecule has 0 spiro atoms. The molecule has 3 N–H and O–H groups in total. The Balaban J connectivity index is 2.13. The van der Waals surface area contributed by atoms with Crippen molar-refractivity contribution in [3.05, 3.63) is 23.7 Å².